The molecule has 7 nitrogen and oxygen atoms in total. The van der Waals surface area contributed by atoms with Crippen molar-refractivity contribution >= 4 is 23.1 Å². The molecule has 132 valence electrons. The largest absolute Gasteiger partial charge is 0.433 e. The van der Waals surface area contributed by atoms with Gasteiger partial charge in [0.2, 0.25) is 11.8 Å². The fourth-order valence-corrected chi connectivity index (χ4v) is 2.01. The molecule has 2 aromatic rings. The van der Waals surface area contributed by atoms with Crippen molar-refractivity contribution in [2.24, 2.45) is 0 Å². The summed E-state index contributed by atoms with van der Waals surface area (Å²) in [5, 5.41) is 16.0. The molecule has 1 aromatic heterocycles. The first-order valence-electron chi connectivity index (χ1n) is 7.16. The zero-order valence-corrected chi connectivity index (χ0v) is 12.5. The molecule has 2 N–H and O–H groups in total. The number of nitro groups is 1. The number of alkyl halides is 3. The van der Waals surface area contributed by atoms with E-state index in [9.17, 15) is 27.7 Å². The summed E-state index contributed by atoms with van der Waals surface area (Å²) in [6.45, 7) is 0. The van der Waals surface area contributed by atoms with Gasteiger partial charge in [-0.1, -0.05) is 0 Å². The van der Waals surface area contributed by atoms with E-state index < -0.39 is 28.3 Å². The zero-order valence-electron chi connectivity index (χ0n) is 12.5. The van der Waals surface area contributed by atoms with Gasteiger partial charge in [0, 0.05) is 23.9 Å². The molecule has 0 aliphatic heterocycles. The second-order valence-corrected chi connectivity index (χ2v) is 5.43. The van der Waals surface area contributed by atoms with Gasteiger partial charge in [-0.2, -0.15) is 22.5 Å². The second kappa shape index (κ2) is 6.15. The maximum absolute atomic E-state index is 13.3. The molecule has 0 bridgehead atoms. The number of nitrogens with one attached hydrogen (secondary N) is 2. The SMILES string of the molecule is O=[N+]([O-])c1cc(Nc2cc(C(F)(F)F)nc(NC3CC3)n2)ccc1F. The molecule has 1 aromatic carbocycles. The number of benzene rings is 1. The third kappa shape index (κ3) is 4.11. The summed E-state index contributed by atoms with van der Waals surface area (Å²) in [5.41, 5.74) is -1.94. The van der Waals surface area contributed by atoms with Crippen molar-refractivity contribution in [2.45, 2.75) is 25.1 Å². The lowest BCUT2D eigenvalue weighted by Crippen LogP contribution is -2.14. The molecule has 0 saturated heterocycles. The summed E-state index contributed by atoms with van der Waals surface area (Å²) >= 11 is 0. The molecule has 1 aliphatic rings. The minimum Gasteiger partial charge on any atom is -0.351 e. The predicted molar refractivity (Wildman–Crippen MR) is 80.0 cm³/mol. The summed E-state index contributed by atoms with van der Waals surface area (Å²) in [5.74, 6) is -1.46. The summed E-state index contributed by atoms with van der Waals surface area (Å²) in [4.78, 5) is 17.2. The van der Waals surface area contributed by atoms with E-state index in [1.807, 2.05) is 0 Å². The highest BCUT2D eigenvalue weighted by Gasteiger charge is 2.34. The Hall–Kier alpha value is -2.98. The van der Waals surface area contributed by atoms with Crippen molar-refractivity contribution in [3.05, 3.63) is 45.9 Å². The number of hydrogen-bond donors (Lipinski definition) is 2. The van der Waals surface area contributed by atoms with Crippen LogP contribution in [0.3, 0.4) is 0 Å². The molecule has 1 heterocycles. The number of nitro benzene ring substituents is 1. The van der Waals surface area contributed by atoms with Crippen molar-refractivity contribution in [1.29, 1.82) is 0 Å². The fraction of sp³-hybridized carbons (Fsp3) is 0.286. The van der Waals surface area contributed by atoms with Crippen LogP contribution in [-0.2, 0) is 6.18 Å². The van der Waals surface area contributed by atoms with E-state index >= 15 is 0 Å². The summed E-state index contributed by atoms with van der Waals surface area (Å²) < 4.78 is 52.3. The van der Waals surface area contributed by atoms with Gasteiger partial charge in [-0.15, -0.1) is 0 Å². The molecule has 1 aliphatic carbocycles. The van der Waals surface area contributed by atoms with Gasteiger partial charge in [0.05, 0.1) is 4.92 Å². The van der Waals surface area contributed by atoms with Crippen molar-refractivity contribution in [3.8, 4) is 0 Å². The highest BCUT2D eigenvalue weighted by molar-refractivity contribution is 5.61. The molecular weight excluding hydrogens is 346 g/mol. The standard InChI is InChI=1S/C14H11F4N5O2/c15-9-4-3-8(5-10(9)23(24)25)19-12-6-11(14(16,17)18)21-13(22-12)20-7-1-2-7/h3-7H,1-2H2,(H2,19,20,21,22). The number of anilines is 3. The predicted octanol–water partition coefficient (Wildman–Crippen LogP) is 3.86. The van der Waals surface area contributed by atoms with Crippen LogP contribution >= 0.6 is 0 Å². The van der Waals surface area contributed by atoms with Gasteiger partial charge < -0.3 is 10.6 Å². The Morgan fingerprint density at radius 2 is 1.92 bits per heavy atom. The van der Waals surface area contributed by atoms with E-state index in [0.717, 1.165) is 31.0 Å². The van der Waals surface area contributed by atoms with Gasteiger partial charge in [-0.25, -0.2) is 4.98 Å². The van der Waals surface area contributed by atoms with Crippen LogP contribution in [0.25, 0.3) is 0 Å². The highest BCUT2D eigenvalue weighted by atomic mass is 19.4. The number of halogens is 4. The molecule has 25 heavy (non-hydrogen) atoms. The molecule has 1 saturated carbocycles. The van der Waals surface area contributed by atoms with E-state index in [-0.39, 0.29) is 23.5 Å². The average Bonchev–Trinajstić information content (AvgIpc) is 3.32. The van der Waals surface area contributed by atoms with E-state index in [1.165, 1.54) is 0 Å². The first-order chi connectivity index (χ1) is 11.7. The Morgan fingerprint density at radius 1 is 1.20 bits per heavy atom. The molecular formula is C14H11F4N5O2. The third-order valence-corrected chi connectivity index (χ3v) is 3.34. The molecule has 0 amide bonds. The summed E-state index contributed by atoms with van der Waals surface area (Å²) in [6.07, 6.45) is -3.06. The smallest absolute Gasteiger partial charge is 0.351 e. The van der Waals surface area contributed by atoms with Gasteiger partial charge in [-0.3, -0.25) is 10.1 Å². The number of rotatable bonds is 5. The normalized spacial score (nSPS) is 14.2. The minimum absolute atomic E-state index is 0.0253. The quantitative estimate of drug-likeness (QED) is 0.479. The van der Waals surface area contributed by atoms with Crippen LogP contribution < -0.4 is 10.6 Å². The van der Waals surface area contributed by atoms with Crippen LogP contribution in [0, 0.1) is 15.9 Å². The van der Waals surface area contributed by atoms with E-state index in [1.54, 1.807) is 0 Å². The van der Waals surface area contributed by atoms with Crippen LogP contribution in [0.4, 0.5) is 40.7 Å². The Balaban J connectivity index is 1.93. The number of hydrogen-bond acceptors (Lipinski definition) is 6. The number of nitrogens with zero attached hydrogens (tertiary/aromatic N) is 3. The molecule has 0 radical (unpaired) electrons. The van der Waals surface area contributed by atoms with Gasteiger partial charge in [-0.05, 0) is 25.0 Å². The lowest BCUT2D eigenvalue weighted by atomic mass is 10.2. The van der Waals surface area contributed by atoms with Crippen molar-refractivity contribution in [1.82, 2.24) is 9.97 Å². The molecule has 0 unspecified atom stereocenters. The first-order valence-corrected chi connectivity index (χ1v) is 7.16. The fourth-order valence-electron chi connectivity index (χ4n) is 2.01. The Bertz CT molecular complexity index is 823. The zero-order chi connectivity index (χ0) is 18.2. The van der Waals surface area contributed by atoms with Crippen molar-refractivity contribution < 1.29 is 22.5 Å². The van der Waals surface area contributed by atoms with E-state index in [2.05, 4.69) is 20.6 Å². The first kappa shape index (κ1) is 16.9. The Morgan fingerprint density at radius 3 is 2.52 bits per heavy atom. The lowest BCUT2D eigenvalue weighted by Gasteiger charge is -2.12. The highest BCUT2D eigenvalue weighted by Crippen LogP contribution is 2.32. The summed E-state index contributed by atoms with van der Waals surface area (Å²) in [7, 11) is 0. The second-order valence-electron chi connectivity index (χ2n) is 5.43. The van der Waals surface area contributed by atoms with Crippen LogP contribution in [-0.4, -0.2) is 20.9 Å². The van der Waals surface area contributed by atoms with Crippen molar-refractivity contribution in [2.75, 3.05) is 10.6 Å². The third-order valence-electron chi connectivity index (χ3n) is 3.34. The Labute approximate surface area is 138 Å². The van der Waals surface area contributed by atoms with E-state index in [0.29, 0.717) is 6.07 Å². The van der Waals surface area contributed by atoms with Crippen molar-refractivity contribution in [3.63, 3.8) is 0 Å². The van der Waals surface area contributed by atoms with Gasteiger partial charge in [0.1, 0.15) is 5.82 Å². The molecule has 0 atom stereocenters. The molecule has 3 rings (SSSR count). The summed E-state index contributed by atoms with van der Waals surface area (Å²) in [6, 6.07) is 3.58. The van der Waals surface area contributed by atoms with Crippen LogP contribution in [0.1, 0.15) is 18.5 Å². The average molecular weight is 357 g/mol. The van der Waals surface area contributed by atoms with E-state index in [4.69, 9.17) is 0 Å². The van der Waals surface area contributed by atoms with Crippen LogP contribution in [0.2, 0.25) is 0 Å². The maximum atomic E-state index is 13.3. The Kier molecular flexibility index (Phi) is 4.15. The van der Waals surface area contributed by atoms with Gasteiger partial charge in [0.25, 0.3) is 0 Å². The molecule has 11 heteroatoms. The number of aromatic nitrogens is 2. The van der Waals surface area contributed by atoms with Gasteiger partial charge in [0.15, 0.2) is 5.69 Å². The maximum Gasteiger partial charge on any atom is 0.433 e. The molecule has 1 fully saturated rings. The lowest BCUT2D eigenvalue weighted by molar-refractivity contribution is -0.387. The minimum atomic E-state index is -4.69. The monoisotopic (exact) mass is 357 g/mol. The van der Waals surface area contributed by atoms with Gasteiger partial charge >= 0.3 is 11.9 Å². The topological polar surface area (TPSA) is 93.0 Å². The van der Waals surface area contributed by atoms with Crippen LogP contribution in [0.5, 0.6) is 0 Å². The van der Waals surface area contributed by atoms with Crippen LogP contribution in [0.15, 0.2) is 24.3 Å². The molecule has 0 spiro atoms.